The molecule has 1 nitrogen and oxygen atoms in total. The summed E-state index contributed by atoms with van der Waals surface area (Å²) in [6, 6.07) is 11.8. The van der Waals surface area contributed by atoms with Crippen molar-refractivity contribution in [1.29, 1.82) is 0 Å². The molecule has 1 unspecified atom stereocenters. The van der Waals surface area contributed by atoms with Crippen LogP contribution in [0, 0.1) is 0 Å². The van der Waals surface area contributed by atoms with E-state index in [4.69, 9.17) is 0 Å². The number of rotatable bonds is 5. The monoisotopic (exact) mass is 191 g/mol. The summed E-state index contributed by atoms with van der Waals surface area (Å²) < 4.78 is 0. The highest BCUT2D eigenvalue weighted by Gasteiger charge is 2.10. The minimum absolute atomic E-state index is 0.515. The van der Waals surface area contributed by atoms with Crippen LogP contribution in [0.25, 0.3) is 0 Å². The molecule has 0 amide bonds. The molecule has 0 radical (unpaired) electrons. The van der Waals surface area contributed by atoms with Crippen LogP contribution in [0.3, 0.4) is 0 Å². The Morgan fingerprint density at radius 1 is 1.14 bits per heavy atom. The molecular formula is C13H21N. The van der Waals surface area contributed by atoms with Crippen LogP contribution in [0.1, 0.15) is 45.2 Å². The first-order valence-corrected chi connectivity index (χ1v) is 5.55. The topological polar surface area (TPSA) is 12.0 Å². The van der Waals surface area contributed by atoms with Gasteiger partial charge in [-0.15, -0.1) is 0 Å². The Morgan fingerprint density at radius 2 is 1.79 bits per heavy atom. The molecule has 1 aromatic rings. The molecule has 0 spiro atoms. The Labute approximate surface area is 87.5 Å². The van der Waals surface area contributed by atoms with Crippen molar-refractivity contribution in [3.63, 3.8) is 0 Å². The molecule has 0 aliphatic rings. The van der Waals surface area contributed by atoms with Gasteiger partial charge in [-0.3, -0.25) is 0 Å². The lowest BCUT2D eigenvalue weighted by Crippen LogP contribution is -2.27. The summed E-state index contributed by atoms with van der Waals surface area (Å²) in [5, 5.41) is 3.60. The third-order valence-corrected chi connectivity index (χ3v) is 2.31. The summed E-state index contributed by atoms with van der Waals surface area (Å²) in [6.07, 6.45) is 2.43. The number of nitrogens with one attached hydrogen (secondary N) is 1. The van der Waals surface area contributed by atoms with E-state index < -0.39 is 0 Å². The van der Waals surface area contributed by atoms with Gasteiger partial charge in [0.1, 0.15) is 0 Å². The second-order valence-electron chi connectivity index (χ2n) is 4.07. The van der Waals surface area contributed by atoms with Gasteiger partial charge in [-0.25, -0.2) is 0 Å². The zero-order valence-corrected chi connectivity index (χ0v) is 9.46. The van der Waals surface area contributed by atoms with Gasteiger partial charge in [0, 0.05) is 12.1 Å². The van der Waals surface area contributed by atoms with Crippen molar-refractivity contribution in [2.75, 3.05) is 0 Å². The molecule has 1 aromatic carbocycles. The van der Waals surface area contributed by atoms with Crippen LogP contribution in [0.2, 0.25) is 0 Å². The summed E-state index contributed by atoms with van der Waals surface area (Å²) in [5.41, 5.74) is 1.41. The largest absolute Gasteiger partial charge is 0.308 e. The number of benzene rings is 1. The van der Waals surface area contributed by atoms with Crippen molar-refractivity contribution >= 4 is 0 Å². The lowest BCUT2D eigenvalue weighted by molar-refractivity contribution is 0.448. The maximum absolute atomic E-state index is 3.60. The molecule has 0 aliphatic heterocycles. The number of hydrogen-bond donors (Lipinski definition) is 1. The predicted octanol–water partition coefficient (Wildman–Crippen LogP) is 3.53. The predicted molar refractivity (Wildman–Crippen MR) is 62.4 cm³/mol. The Bertz CT molecular complexity index is 241. The fraction of sp³-hybridized carbons (Fsp3) is 0.538. The minimum atomic E-state index is 0.515. The van der Waals surface area contributed by atoms with Gasteiger partial charge >= 0.3 is 0 Å². The zero-order chi connectivity index (χ0) is 10.4. The molecule has 1 N–H and O–H groups in total. The Kier molecular flexibility index (Phi) is 4.68. The van der Waals surface area contributed by atoms with Gasteiger partial charge in [0.25, 0.3) is 0 Å². The van der Waals surface area contributed by atoms with Crippen LogP contribution in [0.4, 0.5) is 0 Å². The van der Waals surface area contributed by atoms with Gasteiger partial charge in [-0.1, -0.05) is 57.5 Å². The fourth-order valence-electron chi connectivity index (χ4n) is 1.72. The molecule has 0 bridgehead atoms. The Balaban J connectivity index is 2.67. The molecule has 1 rings (SSSR count). The molecular weight excluding hydrogens is 170 g/mol. The van der Waals surface area contributed by atoms with E-state index in [2.05, 4.69) is 56.4 Å². The normalized spacial score (nSPS) is 13.1. The zero-order valence-electron chi connectivity index (χ0n) is 9.46. The van der Waals surface area contributed by atoms with E-state index in [-0.39, 0.29) is 0 Å². The van der Waals surface area contributed by atoms with Crippen molar-refractivity contribution in [1.82, 2.24) is 5.32 Å². The lowest BCUT2D eigenvalue weighted by Gasteiger charge is -2.21. The van der Waals surface area contributed by atoms with Crippen LogP contribution in [-0.2, 0) is 0 Å². The van der Waals surface area contributed by atoms with Crippen molar-refractivity contribution in [2.24, 2.45) is 0 Å². The smallest absolute Gasteiger partial charge is 0.0322 e. The highest BCUT2D eigenvalue weighted by Crippen LogP contribution is 2.18. The molecule has 78 valence electrons. The second kappa shape index (κ2) is 5.82. The van der Waals surface area contributed by atoms with Crippen molar-refractivity contribution < 1.29 is 0 Å². The fourth-order valence-corrected chi connectivity index (χ4v) is 1.72. The molecule has 0 aromatic heterocycles. The molecule has 0 saturated heterocycles. The highest BCUT2D eigenvalue weighted by molar-refractivity contribution is 5.18. The summed E-state index contributed by atoms with van der Waals surface area (Å²) in [7, 11) is 0. The van der Waals surface area contributed by atoms with Gasteiger partial charge in [0.2, 0.25) is 0 Å². The first kappa shape index (κ1) is 11.3. The van der Waals surface area contributed by atoms with E-state index in [9.17, 15) is 0 Å². The first-order chi connectivity index (χ1) is 6.74. The molecule has 1 heteroatoms. The summed E-state index contributed by atoms with van der Waals surface area (Å²) >= 11 is 0. The Morgan fingerprint density at radius 3 is 2.29 bits per heavy atom. The molecule has 0 fully saturated rings. The maximum Gasteiger partial charge on any atom is 0.0322 e. The van der Waals surface area contributed by atoms with E-state index in [1.807, 2.05) is 0 Å². The second-order valence-corrected chi connectivity index (χ2v) is 4.07. The van der Waals surface area contributed by atoms with E-state index >= 15 is 0 Å². The SMILES string of the molecule is CCCC(NC(C)C)c1ccccc1. The quantitative estimate of drug-likeness (QED) is 0.750. The molecule has 1 atom stereocenters. The van der Waals surface area contributed by atoms with Crippen LogP contribution in [0.15, 0.2) is 30.3 Å². The van der Waals surface area contributed by atoms with Gasteiger partial charge in [0.15, 0.2) is 0 Å². The summed E-state index contributed by atoms with van der Waals surface area (Å²) in [6.45, 7) is 6.63. The van der Waals surface area contributed by atoms with E-state index in [0.717, 1.165) is 0 Å². The lowest BCUT2D eigenvalue weighted by atomic mass is 10.0. The van der Waals surface area contributed by atoms with Gasteiger partial charge < -0.3 is 5.32 Å². The molecule has 0 aliphatic carbocycles. The third-order valence-electron chi connectivity index (χ3n) is 2.31. The average Bonchev–Trinajstić information content (AvgIpc) is 2.18. The van der Waals surface area contributed by atoms with E-state index in [1.165, 1.54) is 18.4 Å². The van der Waals surface area contributed by atoms with E-state index in [0.29, 0.717) is 12.1 Å². The standard InChI is InChI=1S/C13H21N/c1-4-8-13(14-11(2)3)12-9-6-5-7-10-12/h5-7,9-11,13-14H,4,8H2,1-3H3. The van der Waals surface area contributed by atoms with Crippen LogP contribution in [0.5, 0.6) is 0 Å². The summed E-state index contributed by atoms with van der Waals surface area (Å²) in [4.78, 5) is 0. The van der Waals surface area contributed by atoms with Crippen LogP contribution >= 0.6 is 0 Å². The number of hydrogen-bond acceptors (Lipinski definition) is 1. The summed E-state index contributed by atoms with van der Waals surface area (Å²) in [5.74, 6) is 0. The van der Waals surface area contributed by atoms with E-state index in [1.54, 1.807) is 0 Å². The minimum Gasteiger partial charge on any atom is -0.308 e. The third kappa shape index (κ3) is 3.51. The highest BCUT2D eigenvalue weighted by atomic mass is 14.9. The van der Waals surface area contributed by atoms with Gasteiger partial charge in [-0.05, 0) is 12.0 Å². The molecule has 14 heavy (non-hydrogen) atoms. The van der Waals surface area contributed by atoms with Crippen molar-refractivity contribution in [2.45, 2.75) is 45.7 Å². The molecule has 0 saturated carbocycles. The van der Waals surface area contributed by atoms with Crippen molar-refractivity contribution in [3.05, 3.63) is 35.9 Å². The van der Waals surface area contributed by atoms with Gasteiger partial charge in [-0.2, -0.15) is 0 Å². The Hall–Kier alpha value is -0.820. The van der Waals surface area contributed by atoms with Crippen LogP contribution in [-0.4, -0.2) is 6.04 Å². The van der Waals surface area contributed by atoms with Crippen LogP contribution < -0.4 is 5.32 Å². The first-order valence-electron chi connectivity index (χ1n) is 5.55. The van der Waals surface area contributed by atoms with Gasteiger partial charge in [0.05, 0.1) is 0 Å². The molecule has 0 heterocycles. The van der Waals surface area contributed by atoms with Crippen molar-refractivity contribution in [3.8, 4) is 0 Å². The average molecular weight is 191 g/mol. The maximum atomic E-state index is 3.60.